The highest BCUT2D eigenvalue weighted by Gasteiger charge is 2.32. The van der Waals surface area contributed by atoms with Gasteiger partial charge in [-0.1, -0.05) is 12.1 Å². The Morgan fingerprint density at radius 2 is 1.58 bits per heavy atom. The minimum atomic E-state index is -0.626. The summed E-state index contributed by atoms with van der Waals surface area (Å²) < 4.78 is 18.6. The Balaban J connectivity index is 1.39. The summed E-state index contributed by atoms with van der Waals surface area (Å²) in [4.78, 5) is 46.3. The molecule has 2 amide bonds. The smallest absolute Gasteiger partial charge is 0.295 e. The van der Waals surface area contributed by atoms with E-state index in [0.717, 1.165) is 10.9 Å². The van der Waals surface area contributed by atoms with Gasteiger partial charge in [0.1, 0.15) is 17.1 Å². The van der Waals surface area contributed by atoms with Gasteiger partial charge in [-0.15, -0.1) is 0 Å². The molecule has 0 saturated carbocycles. The molecule has 0 aliphatic carbocycles. The lowest BCUT2D eigenvalue weighted by atomic mass is 10.0. The second-order valence-corrected chi connectivity index (χ2v) is 12.7. The second kappa shape index (κ2) is 13.5. The molecule has 232 valence electrons. The van der Waals surface area contributed by atoms with E-state index in [-0.39, 0.29) is 30.2 Å². The van der Waals surface area contributed by atoms with Gasteiger partial charge in [0.25, 0.3) is 17.6 Å². The van der Waals surface area contributed by atoms with Crippen molar-refractivity contribution >= 4 is 44.4 Å². The quantitative estimate of drug-likeness (QED) is 0.212. The molecular formula is C32H41BrN4O6. The molecule has 1 fully saturated rings. The fourth-order valence-electron chi connectivity index (χ4n) is 5.15. The van der Waals surface area contributed by atoms with Crippen molar-refractivity contribution in [1.82, 2.24) is 14.8 Å². The normalized spacial score (nSPS) is 14.2. The molecule has 43 heavy (non-hydrogen) atoms. The largest absolute Gasteiger partial charge is 0.496 e. The van der Waals surface area contributed by atoms with Crippen LogP contribution in [-0.4, -0.2) is 90.0 Å². The predicted molar refractivity (Wildman–Crippen MR) is 169 cm³/mol. The molecule has 0 bridgehead atoms. The van der Waals surface area contributed by atoms with Gasteiger partial charge in [0.05, 0.1) is 41.3 Å². The molecule has 1 aliphatic heterocycles. The lowest BCUT2D eigenvalue weighted by molar-refractivity contribution is -0.127. The third-order valence-electron chi connectivity index (χ3n) is 7.71. The summed E-state index contributed by atoms with van der Waals surface area (Å²) in [6.07, 6.45) is 2.91. The maximum absolute atomic E-state index is 13.6. The number of para-hydroxylation sites is 1. The number of hydrogen-bond acceptors (Lipinski definition) is 7. The summed E-state index contributed by atoms with van der Waals surface area (Å²) in [6.45, 7) is 10.1. The van der Waals surface area contributed by atoms with E-state index in [2.05, 4.69) is 20.9 Å². The fourth-order valence-corrected chi connectivity index (χ4v) is 5.59. The number of carbonyl (C=O) groups excluding carboxylic acids is 3. The van der Waals surface area contributed by atoms with Crippen LogP contribution in [0.2, 0.25) is 0 Å². The van der Waals surface area contributed by atoms with E-state index < -0.39 is 17.3 Å². The maximum atomic E-state index is 13.6. The third-order valence-corrected chi connectivity index (χ3v) is 8.37. The molecule has 3 N–H and O–H groups in total. The highest BCUT2D eigenvalue weighted by atomic mass is 79.9. The van der Waals surface area contributed by atoms with Crippen LogP contribution in [0.5, 0.6) is 11.5 Å². The number of piperazine rings is 1. The van der Waals surface area contributed by atoms with Crippen LogP contribution in [0.4, 0.5) is 0 Å². The molecule has 1 saturated heterocycles. The number of carbonyl (C=O) groups is 3. The number of rotatable bonds is 12. The van der Waals surface area contributed by atoms with Crippen molar-refractivity contribution in [3.05, 3.63) is 58.2 Å². The highest BCUT2D eigenvalue weighted by Crippen LogP contribution is 2.34. The summed E-state index contributed by atoms with van der Waals surface area (Å²) in [5.74, 6) is -0.433. The molecule has 10 nitrogen and oxygen atoms in total. The Morgan fingerprint density at radius 1 is 0.907 bits per heavy atom. The van der Waals surface area contributed by atoms with Crippen LogP contribution in [-0.2, 0) is 9.53 Å². The standard InChI is InChI=1S/C32H41BrN4O6/c1-31(2,12-14-34)42-19-13-32(3,4)43-24-9-7-6-8-21(24)29(39)36-15-17-37(18-16-36)30(40)28(38)22-20-35-27-23(33)10-11-25(41-5)26(22)27/h6-11,20,35H,12-19,34H2,1-5H3. The first-order chi connectivity index (χ1) is 20.4. The van der Waals surface area contributed by atoms with Gasteiger partial charge in [-0.05, 0) is 80.9 Å². The van der Waals surface area contributed by atoms with Crippen molar-refractivity contribution in [3.8, 4) is 11.5 Å². The number of nitrogens with one attached hydrogen (secondary N) is 1. The van der Waals surface area contributed by atoms with E-state index in [0.29, 0.717) is 60.6 Å². The molecule has 3 aromatic rings. The number of aromatic nitrogens is 1. The number of H-pyrrole nitrogens is 1. The van der Waals surface area contributed by atoms with Crippen LogP contribution in [0.1, 0.15) is 61.3 Å². The SMILES string of the molecule is COc1ccc(Br)c2[nH]cc(C(=O)C(=O)N3CCN(C(=O)c4ccccc4OC(C)(C)CCOC(C)(C)CCN)CC3)c12. The zero-order valence-electron chi connectivity index (χ0n) is 25.5. The van der Waals surface area contributed by atoms with Gasteiger partial charge >= 0.3 is 0 Å². The monoisotopic (exact) mass is 656 g/mol. The molecule has 0 unspecified atom stereocenters. The van der Waals surface area contributed by atoms with Crippen molar-refractivity contribution in [2.45, 2.75) is 51.7 Å². The number of Topliss-reactive ketones (excluding diaryl/α,β-unsaturated/α-hetero) is 1. The van der Waals surface area contributed by atoms with Crippen LogP contribution >= 0.6 is 15.9 Å². The van der Waals surface area contributed by atoms with E-state index in [1.165, 1.54) is 18.2 Å². The highest BCUT2D eigenvalue weighted by molar-refractivity contribution is 9.10. The number of fused-ring (bicyclic) bond motifs is 1. The molecule has 2 aromatic carbocycles. The van der Waals surface area contributed by atoms with Gasteiger partial charge in [0.2, 0.25) is 0 Å². The zero-order valence-corrected chi connectivity index (χ0v) is 27.1. The lowest BCUT2D eigenvalue weighted by Crippen LogP contribution is -2.52. The van der Waals surface area contributed by atoms with Crippen molar-refractivity contribution in [1.29, 1.82) is 0 Å². The lowest BCUT2D eigenvalue weighted by Gasteiger charge is -2.35. The molecule has 1 aliphatic rings. The van der Waals surface area contributed by atoms with E-state index in [1.54, 1.807) is 29.2 Å². The van der Waals surface area contributed by atoms with Gasteiger partial charge in [0.15, 0.2) is 0 Å². The van der Waals surface area contributed by atoms with E-state index in [9.17, 15) is 14.4 Å². The van der Waals surface area contributed by atoms with Crippen molar-refractivity contribution in [2.24, 2.45) is 5.73 Å². The Morgan fingerprint density at radius 3 is 2.26 bits per heavy atom. The molecule has 0 spiro atoms. The van der Waals surface area contributed by atoms with E-state index in [1.807, 2.05) is 39.8 Å². The number of halogens is 1. The average molecular weight is 658 g/mol. The summed E-state index contributed by atoms with van der Waals surface area (Å²) >= 11 is 3.47. The number of hydrogen-bond donors (Lipinski definition) is 2. The Bertz CT molecular complexity index is 1480. The van der Waals surface area contributed by atoms with E-state index in [4.69, 9.17) is 19.9 Å². The predicted octanol–water partition coefficient (Wildman–Crippen LogP) is 4.80. The molecule has 11 heteroatoms. The van der Waals surface area contributed by atoms with Crippen molar-refractivity contribution < 1.29 is 28.6 Å². The summed E-state index contributed by atoms with van der Waals surface area (Å²) in [5, 5.41) is 0.550. The van der Waals surface area contributed by atoms with Gasteiger partial charge in [-0.3, -0.25) is 14.4 Å². The Hall–Kier alpha value is -3.41. The molecule has 1 aromatic heterocycles. The second-order valence-electron chi connectivity index (χ2n) is 11.9. The minimum Gasteiger partial charge on any atom is -0.496 e. The number of aromatic amines is 1. The Labute approximate surface area is 260 Å². The number of methoxy groups -OCH3 is 1. The Kier molecular flexibility index (Phi) is 10.2. The van der Waals surface area contributed by atoms with Crippen molar-refractivity contribution in [2.75, 3.05) is 46.4 Å². The van der Waals surface area contributed by atoms with Gasteiger partial charge in [-0.2, -0.15) is 0 Å². The summed E-state index contributed by atoms with van der Waals surface area (Å²) in [5.41, 5.74) is 6.17. The number of benzene rings is 2. The van der Waals surface area contributed by atoms with Gasteiger partial charge in [0, 0.05) is 43.3 Å². The summed E-state index contributed by atoms with van der Waals surface area (Å²) in [6, 6.07) is 10.7. The topological polar surface area (TPSA) is 127 Å². The molecule has 4 rings (SSSR count). The number of ketones is 1. The first-order valence-corrected chi connectivity index (χ1v) is 15.3. The average Bonchev–Trinajstić information content (AvgIpc) is 3.42. The zero-order chi connectivity index (χ0) is 31.4. The summed E-state index contributed by atoms with van der Waals surface area (Å²) in [7, 11) is 1.52. The van der Waals surface area contributed by atoms with Gasteiger partial charge in [-0.25, -0.2) is 0 Å². The van der Waals surface area contributed by atoms with Crippen LogP contribution < -0.4 is 15.2 Å². The maximum Gasteiger partial charge on any atom is 0.295 e. The molecule has 0 atom stereocenters. The van der Waals surface area contributed by atoms with E-state index >= 15 is 0 Å². The first-order valence-electron chi connectivity index (χ1n) is 14.5. The third kappa shape index (κ3) is 7.57. The number of nitrogens with two attached hydrogens (primary N) is 1. The minimum absolute atomic E-state index is 0.184. The molecular weight excluding hydrogens is 616 g/mol. The van der Waals surface area contributed by atoms with Crippen LogP contribution in [0, 0.1) is 0 Å². The number of nitrogens with zero attached hydrogens (tertiary/aromatic N) is 2. The fraction of sp³-hybridized carbons (Fsp3) is 0.469. The number of amides is 2. The van der Waals surface area contributed by atoms with Gasteiger partial charge < -0.3 is 34.7 Å². The van der Waals surface area contributed by atoms with Crippen molar-refractivity contribution in [3.63, 3.8) is 0 Å². The first kappa shape index (κ1) is 32.5. The molecule has 0 radical (unpaired) electrons. The van der Waals surface area contributed by atoms with Crippen LogP contribution in [0.25, 0.3) is 10.9 Å². The molecule has 2 heterocycles. The van der Waals surface area contributed by atoms with Crippen LogP contribution in [0.3, 0.4) is 0 Å². The van der Waals surface area contributed by atoms with Crippen LogP contribution in [0.15, 0.2) is 47.1 Å². The number of ether oxygens (including phenoxy) is 3.